The highest BCUT2D eigenvalue weighted by molar-refractivity contribution is 7.90. The lowest BCUT2D eigenvalue weighted by Gasteiger charge is -2.22. The van der Waals surface area contributed by atoms with Crippen LogP contribution in [0.4, 0.5) is 10.6 Å². The predicted molar refractivity (Wildman–Crippen MR) is 90.1 cm³/mol. The van der Waals surface area contributed by atoms with Gasteiger partial charge in [0.2, 0.25) is 0 Å². The fraction of sp³-hybridized carbons (Fsp3) is 0.733. The second kappa shape index (κ2) is 7.33. The standard InChI is InChI=1S/C15H26N4O3S/c1-12-4-6-18(11-13(2)10-12)15(20)16-14-5-7-19(17-14)8-9-23(3,21)22/h5,7,12-13H,4,6,8-11H2,1-3H3,(H,16,17,20)/t12-,13+/m1/s1. The van der Waals surface area contributed by atoms with Crippen LogP contribution < -0.4 is 5.32 Å². The van der Waals surface area contributed by atoms with Gasteiger partial charge in [-0.3, -0.25) is 10.00 Å². The number of urea groups is 1. The average Bonchev–Trinajstić information content (AvgIpc) is 2.80. The summed E-state index contributed by atoms with van der Waals surface area (Å²) in [6.45, 7) is 6.19. The van der Waals surface area contributed by atoms with Crippen molar-refractivity contribution in [2.24, 2.45) is 11.8 Å². The van der Waals surface area contributed by atoms with Gasteiger partial charge in [0.15, 0.2) is 5.82 Å². The SMILES string of the molecule is C[C@@H]1CCN(C(=O)Nc2ccn(CCS(C)(=O)=O)n2)C[C@@H](C)C1. The topological polar surface area (TPSA) is 84.3 Å². The molecule has 1 fully saturated rings. The zero-order chi connectivity index (χ0) is 17.0. The highest BCUT2D eigenvalue weighted by Gasteiger charge is 2.23. The van der Waals surface area contributed by atoms with Crippen LogP contribution in [0.25, 0.3) is 0 Å². The molecule has 0 aliphatic carbocycles. The Morgan fingerprint density at radius 3 is 2.83 bits per heavy atom. The van der Waals surface area contributed by atoms with E-state index >= 15 is 0 Å². The summed E-state index contributed by atoms with van der Waals surface area (Å²) < 4.78 is 23.9. The number of hydrogen-bond donors (Lipinski definition) is 1. The van der Waals surface area contributed by atoms with Gasteiger partial charge in [-0.2, -0.15) is 5.10 Å². The van der Waals surface area contributed by atoms with Crippen LogP contribution in [0.2, 0.25) is 0 Å². The molecule has 7 nitrogen and oxygen atoms in total. The third-order valence-corrected chi connectivity index (χ3v) is 5.01. The number of amides is 2. The summed E-state index contributed by atoms with van der Waals surface area (Å²) in [5.41, 5.74) is 0. The smallest absolute Gasteiger partial charge is 0.323 e. The van der Waals surface area contributed by atoms with Gasteiger partial charge in [-0.15, -0.1) is 0 Å². The van der Waals surface area contributed by atoms with Crippen LogP contribution in [0, 0.1) is 11.8 Å². The van der Waals surface area contributed by atoms with Crippen LogP contribution in [0.3, 0.4) is 0 Å². The van der Waals surface area contributed by atoms with Crippen LogP contribution in [0.5, 0.6) is 0 Å². The van der Waals surface area contributed by atoms with E-state index in [-0.39, 0.29) is 18.3 Å². The number of likely N-dealkylation sites (tertiary alicyclic amines) is 1. The third kappa shape index (κ3) is 5.85. The van der Waals surface area contributed by atoms with E-state index in [0.717, 1.165) is 25.9 Å². The highest BCUT2D eigenvalue weighted by Crippen LogP contribution is 2.21. The average molecular weight is 342 g/mol. The van der Waals surface area contributed by atoms with Crippen molar-refractivity contribution in [3.8, 4) is 0 Å². The van der Waals surface area contributed by atoms with Crippen LogP contribution in [0.1, 0.15) is 26.7 Å². The van der Waals surface area contributed by atoms with Gasteiger partial charge in [-0.1, -0.05) is 13.8 Å². The Hall–Kier alpha value is -1.57. The Morgan fingerprint density at radius 2 is 2.13 bits per heavy atom. The Labute approximate surface area is 138 Å². The van der Waals surface area contributed by atoms with E-state index in [0.29, 0.717) is 17.7 Å². The largest absolute Gasteiger partial charge is 0.324 e. The number of nitrogens with zero attached hydrogens (tertiary/aromatic N) is 3. The number of aryl methyl sites for hydroxylation is 1. The quantitative estimate of drug-likeness (QED) is 0.905. The van der Waals surface area contributed by atoms with Crippen molar-refractivity contribution in [2.45, 2.75) is 33.2 Å². The molecular formula is C15H26N4O3S. The lowest BCUT2D eigenvalue weighted by molar-refractivity contribution is 0.207. The maximum absolute atomic E-state index is 12.4. The number of aromatic nitrogens is 2. The van der Waals surface area contributed by atoms with E-state index in [1.54, 1.807) is 12.3 Å². The molecule has 0 bridgehead atoms. The summed E-state index contributed by atoms with van der Waals surface area (Å²) in [7, 11) is -3.03. The molecule has 2 rings (SSSR count). The van der Waals surface area contributed by atoms with Crippen molar-refractivity contribution in [3.63, 3.8) is 0 Å². The lowest BCUT2D eigenvalue weighted by Crippen LogP contribution is -2.37. The zero-order valence-electron chi connectivity index (χ0n) is 14.0. The number of hydrogen-bond acceptors (Lipinski definition) is 4. The first-order chi connectivity index (χ1) is 10.7. The molecule has 1 aliphatic heterocycles. The second-order valence-electron chi connectivity index (χ2n) is 6.70. The fourth-order valence-corrected chi connectivity index (χ4v) is 3.43. The molecule has 23 heavy (non-hydrogen) atoms. The summed E-state index contributed by atoms with van der Waals surface area (Å²) >= 11 is 0. The molecule has 0 saturated carbocycles. The van der Waals surface area contributed by atoms with Crippen LogP contribution in [-0.4, -0.2) is 54.2 Å². The molecule has 1 N–H and O–H groups in total. The van der Waals surface area contributed by atoms with E-state index in [9.17, 15) is 13.2 Å². The maximum Gasteiger partial charge on any atom is 0.323 e. The number of carbonyl (C=O) groups excluding carboxylic acids is 1. The Morgan fingerprint density at radius 1 is 1.39 bits per heavy atom. The number of anilines is 1. The number of carbonyl (C=O) groups is 1. The summed E-state index contributed by atoms with van der Waals surface area (Å²) in [5, 5.41) is 7.00. The minimum absolute atomic E-state index is 0.0313. The number of rotatable bonds is 4. The van der Waals surface area contributed by atoms with Gasteiger partial charge >= 0.3 is 6.03 Å². The molecule has 0 aromatic carbocycles. The van der Waals surface area contributed by atoms with E-state index in [1.165, 1.54) is 10.9 Å². The maximum atomic E-state index is 12.4. The third-order valence-electron chi connectivity index (χ3n) is 4.08. The molecule has 1 aromatic heterocycles. The monoisotopic (exact) mass is 342 g/mol. The summed E-state index contributed by atoms with van der Waals surface area (Å²) in [6.07, 6.45) is 5.03. The van der Waals surface area contributed by atoms with E-state index < -0.39 is 9.84 Å². The Balaban J connectivity index is 1.91. The first-order valence-electron chi connectivity index (χ1n) is 8.00. The van der Waals surface area contributed by atoms with E-state index in [2.05, 4.69) is 24.3 Å². The van der Waals surface area contributed by atoms with Crippen molar-refractivity contribution in [2.75, 3.05) is 30.4 Å². The first-order valence-corrected chi connectivity index (χ1v) is 10.1. The summed E-state index contributed by atoms with van der Waals surface area (Å²) in [4.78, 5) is 14.2. The summed E-state index contributed by atoms with van der Waals surface area (Å²) in [6, 6.07) is 1.55. The van der Waals surface area contributed by atoms with Crippen molar-refractivity contribution in [3.05, 3.63) is 12.3 Å². The van der Waals surface area contributed by atoms with Crippen molar-refractivity contribution < 1.29 is 13.2 Å². The summed E-state index contributed by atoms with van der Waals surface area (Å²) in [5.74, 6) is 1.61. The Bertz CT molecular complexity index is 641. The van der Waals surface area contributed by atoms with Gasteiger partial charge in [-0.05, 0) is 24.7 Å². The normalized spacial score (nSPS) is 22.7. The number of nitrogens with one attached hydrogen (secondary N) is 1. The van der Waals surface area contributed by atoms with Crippen LogP contribution in [-0.2, 0) is 16.4 Å². The molecule has 1 aromatic rings. The molecular weight excluding hydrogens is 316 g/mol. The van der Waals surface area contributed by atoms with Crippen LogP contribution >= 0.6 is 0 Å². The predicted octanol–water partition coefficient (Wildman–Crippen LogP) is 1.83. The minimum Gasteiger partial charge on any atom is -0.324 e. The van der Waals surface area contributed by atoms with Crippen LogP contribution in [0.15, 0.2) is 12.3 Å². The van der Waals surface area contributed by atoms with Gasteiger partial charge in [0, 0.05) is 31.6 Å². The Kier molecular flexibility index (Phi) is 5.67. The van der Waals surface area contributed by atoms with E-state index in [4.69, 9.17) is 0 Å². The molecule has 130 valence electrons. The lowest BCUT2D eigenvalue weighted by atomic mass is 9.97. The molecule has 2 heterocycles. The molecule has 0 unspecified atom stereocenters. The molecule has 8 heteroatoms. The minimum atomic E-state index is -3.03. The highest BCUT2D eigenvalue weighted by atomic mass is 32.2. The van der Waals surface area contributed by atoms with Gasteiger partial charge in [0.25, 0.3) is 0 Å². The van der Waals surface area contributed by atoms with Crippen molar-refractivity contribution in [1.29, 1.82) is 0 Å². The molecule has 0 spiro atoms. The fourth-order valence-electron chi connectivity index (χ4n) is 2.91. The van der Waals surface area contributed by atoms with Gasteiger partial charge in [0.05, 0.1) is 12.3 Å². The first kappa shape index (κ1) is 17.8. The van der Waals surface area contributed by atoms with Gasteiger partial charge in [0.1, 0.15) is 9.84 Å². The van der Waals surface area contributed by atoms with E-state index in [1.807, 2.05) is 4.90 Å². The molecule has 0 radical (unpaired) electrons. The molecule has 2 atom stereocenters. The molecule has 2 amide bonds. The zero-order valence-corrected chi connectivity index (χ0v) is 14.8. The van der Waals surface area contributed by atoms with Crippen molar-refractivity contribution in [1.82, 2.24) is 14.7 Å². The van der Waals surface area contributed by atoms with Gasteiger partial charge < -0.3 is 4.90 Å². The van der Waals surface area contributed by atoms with Crippen molar-refractivity contribution >= 4 is 21.7 Å². The van der Waals surface area contributed by atoms with Gasteiger partial charge in [-0.25, -0.2) is 13.2 Å². The molecule has 1 saturated heterocycles. The number of sulfone groups is 1. The molecule has 1 aliphatic rings. The second-order valence-corrected chi connectivity index (χ2v) is 8.96.